The van der Waals surface area contributed by atoms with E-state index in [2.05, 4.69) is 31.4 Å². The fourth-order valence-corrected chi connectivity index (χ4v) is 3.08. The Morgan fingerprint density at radius 2 is 2.12 bits per heavy atom. The summed E-state index contributed by atoms with van der Waals surface area (Å²) in [5.74, 6) is 0.264. The first kappa shape index (κ1) is 11.6. The van der Waals surface area contributed by atoms with Crippen LogP contribution in [0.15, 0.2) is 29.6 Å². The van der Waals surface area contributed by atoms with Crippen LogP contribution in [-0.2, 0) is 5.60 Å². The Hall–Kier alpha value is -0.860. The van der Waals surface area contributed by atoms with Crippen LogP contribution in [0.5, 0.6) is 0 Å². The van der Waals surface area contributed by atoms with Gasteiger partial charge in [-0.1, -0.05) is 38.5 Å². The van der Waals surface area contributed by atoms with Crippen LogP contribution in [0, 0.1) is 5.92 Å². The molecule has 0 bridgehead atoms. The first-order valence-electron chi connectivity index (χ1n) is 5.76. The first-order valence-corrected chi connectivity index (χ1v) is 6.64. The molecule has 1 nitrogen and oxygen atoms in total. The highest BCUT2D eigenvalue weighted by molar-refractivity contribution is 7.17. The molecule has 0 radical (unpaired) electrons. The van der Waals surface area contributed by atoms with Gasteiger partial charge in [0.05, 0.1) is 5.60 Å². The Bertz CT molecular complexity index is 484. The van der Waals surface area contributed by atoms with E-state index in [0.717, 1.165) is 12.0 Å². The monoisotopic (exact) mass is 234 g/mol. The molecule has 2 rings (SSSR count). The zero-order valence-electron chi connectivity index (χ0n) is 10.0. The predicted octanol–water partition coefficient (Wildman–Crippen LogP) is 4.15. The van der Waals surface area contributed by atoms with Crippen molar-refractivity contribution in [2.24, 2.45) is 5.92 Å². The summed E-state index contributed by atoms with van der Waals surface area (Å²) in [6.07, 6.45) is 0.981. The smallest absolute Gasteiger partial charge is 0.0907 e. The van der Waals surface area contributed by atoms with Crippen molar-refractivity contribution in [2.75, 3.05) is 0 Å². The Kier molecular flexibility index (Phi) is 3.04. The molecule has 2 aromatic rings. The third-order valence-corrected chi connectivity index (χ3v) is 4.56. The topological polar surface area (TPSA) is 20.2 Å². The van der Waals surface area contributed by atoms with Crippen LogP contribution in [0.2, 0.25) is 0 Å². The van der Waals surface area contributed by atoms with Crippen molar-refractivity contribution in [3.05, 3.63) is 35.2 Å². The Morgan fingerprint density at radius 1 is 1.38 bits per heavy atom. The molecule has 1 aromatic carbocycles. The minimum Gasteiger partial charge on any atom is -0.385 e. The van der Waals surface area contributed by atoms with E-state index < -0.39 is 5.60 Å². The molecule has 0 amide bonds. The third-order valence-electron chi connectivity index (χ3n) is 3.60. The highest BCUT2D eigenvalue weighted by Crippen LogP contribution is 2.37. The lowest BCUT2D eigenvalue weighted by Crippen LogP contribution is -2.29. The maximum Gasteiger partial charge on any atom is 0.0907 e. The van der Waals surface area contributed by atoms with Gasteiger partial charge in [-0.3, -0.25) is 0 Å². The molecule has 2 unspecified atom stereocenters. The van der Waals surface area contributed by atoms with Gasteiger partial charge < -0.3 is 5.11 Å². The van der Waals surface area contributed by atoms with Crippen molar-refractivity contribution in [2.45, 2.75) is 32.8 Å². The quantitative estimate of drug-likeness (QED) is 0.845. The maximum atomic E-state index is 10.7. The average molecular weight is 234 g/mol. The summed E-state index contributed by atoms with van der Waals surface area (Å²) in [4.78, 5) is 0. The van der Waals surface area contributed by atoms with Crippen molar-refractivity contribution in [1.29, 1.82) is 0 Å². The summed E-state index contributed by atoms with van der Waals surface area (Å²) in [7, 11) is 0. The molecule has 1 aromatic heterocycles. The van der Waals surface area contributed by atoms with Gasteiger partial charge in [-0.05, 0) is 29.7 Å². The minimum absolute atomic E-state index is 0.264. The molecule has 0 spiro atoms. The fraction of sp³-hybridized carbons (Fsp3) is 0.429. The van der Waals surface area contributed by atoms with Crippen LogP contribution < -0.4 is 0 Å². The van der Waals surface area contributed by atoms with E-state index in [1.165, 1.54) is 10.1 Å². The second kappa shape index (κ2) is 4.19. The molecule has 0 saturated heterocycles. The highest BCUT2D eigenvalue weighted by Gasteiger charge is 2.30. The maximum absolute atomic E-state index is 10.7. The number of benzene rings is 1. The minimum atomic E-state index is -0.737. The first-order chi connectivity index (χ1) is 7.57. The van der Waals surface area contributed by atoms with Gasteiger partial charge in [-0.15, -0.1) is 11.3 Å². The summed E-state index contributed by atoms with van der Waals surface area (Å²) in [5.41, 5.74) is 0.327. The molecule has 86 valence electrons. The number of rotatable bonds is 3. The number of hydrogen-bond acceptors (Lipinski definition) is 2. The Morgan fingerprint density at radius 3 is 2.81 bits per heavy atom. The molecular formula is C14H18OS. The summed E-state index contributed by atoms with van der Waals surface area (Å²) < 4.78 is 1.22. The number of hydrogen-bond donors (Lipinski definition) is 1. The van der Waals surface area contributed by atoms with E-state index >= 15 is 0 Å². The lowest BCUT2D eigenvalue weighted by atomic mass is 9.82. The van der Waals surface area contributed by atoms with Crippen LogP contribution >= 0.6 is 11.3 Å². The molecule has 16 heavy (non-hydrogen) atoms. The SMILES string of the molecule is CCC(C)C(C)(O)c1cccc2ccsc12. The molecule has 1 heterocycles. The van der Waals surface area contributed by atoms with Gasteiger partial charge in [0.2, 0.25) is 0 Å². The van der Waals surface area contributed by atoms with Gasteiger partial charge in [0.15, 0.2) is 0 Å². The van der Waals surface area contributed by atoms with Crippen LogP contribution in [0.3, 0.4) is 0 Å². The largest absolute Gasteiger partial charge is 0.385 e. The van der Waals surface area contributed by atoms with Gasteiger partial charge >= 0.3 is 0 Å². The predicted molar refractivity (Wildman–Crippen MR) is 70.9 cm³/mol. The molecule has 0 saturated carbocycles. The number of thiophene rings is 1. The molecular weight excluding hydrogens is 216 g/mol. The molecule has 0 fully saturated rings. The second-order valence-electron chi connectivity index (χ2n) is 4.60. The summed E-state index contributed by atoms with van der Waals surface area (Å²) >= 11 is 1.71. The van der Waals surface area contributed by atoms with Crippen molar-refractivity contribution in [3.63, 3.8) is 0 Å². The number of aliphatic hydroxyl groups is 1. The van der Waals surface area contributed by atoms with Gasteiger partial charge in [0, 0.05) is 10.3 Å². The van der Waals surface area contributed by atoms with Crippen LogP contribution in [0.4, 0.5) is 0 Å². The van der Waals surface area contributed by atoms with Crippen molar-refractivity contribution >= 4 is 21.4 Å². The van der Waals surface area contributed by atoms with E-state index in [0.29, 0.717) is 0 Å². The lowest BCUT2D eigenvalue weighted by Gasteiger charge is -2.30. The van der Waals surface area contributed by atoms with E-state index in [9.17, 15) is 5.11 Å². The van der Waals surface area contributed by atoms with Crippen molar-refractivity contribution in [3.8, 4) is 0 Å². The normalized spacial score (nSPS) is 17.2. The van der Waals surface area contributed by atoms with Crippen LogP contribution in [0.1, 0.15) is 32.8 Å². The molecule has 0 aliphatic carbocycles. The summed E-state index contributed by atoms with van der Waals surface area (Å²) in [5, 5.41) is 14.0. The third kappa shape index (κ3) is 1.76. The van der Waals surface area contributed by atoms with Crippen LogP contribution in [-0.4, -0.2) is 5.11 Å². The van der Waals surface area contributed by atoms with E-state index in [1.807, 2.05) is 19.1 Å². The second-order valence-corrected chi connectivity index (χ2v) is 5.52. The van der Waals surface area contributed by atoms with Crippen LogP contribution in [0.25, 0.3) is 10.1 Å². The highest BCUT2D eigenvalue weighted by atomic mass is 32.1. The fourth-order valence-electron chi connectivity index (χ4n) is 2.05. The van der Waals surface area contributed by atoms with E-state index in [4.69, 9.17) is 0 Å². The summed E-state index contributed by atoms with van der Waals surface area (Å²) in [6.45, 7) is 6.15. The molecule has 1 N–H and O–H groups in total. The standard InChI is InChI=1S/C14H18OS/c1-4-10(2)14(3,15)12-7-5-6-11-8-9-16-13(11)12/h5-10,15H,4H2,1-3H3. The Balaban J connectivity index is 2.58. The molecule has 2 heteroatoms. The molecule has 2 atom stereocenters. The lowest BCUT2D eigenvalue weighted by molar-refractivity contribution is 0.00157. The Labute approximate surface area is 101 Å². The van der Waals surface area contributed by atoms with Gasteiger partial charge in [-0.25, -0.2) is 0 Å². The zero-order valence-corrected chi connectivity index (χ0v) is 10.8. The van der Waals surface area contributed by atoms with Gasteiger partial charge in [0.25, 0.3) is 0 Å². The van der Waals surface area contributed by atoms with Gasteiger partial charge in [0.1, 0.15) is 0 Å². The number of fused-ring (bicyclic) bond motifs is 1. The molecule has 0 aliphatic rings. The van der Waals surface area contributed by atoms with Crippen molar-refractivity contribution < 1.29 is 5.11 Å². The average Bonchev–Trinajstić information content (AvgIpc) is 2.75. The van der Waals surface area contributed by atoms with E-state index in [-0.39, 0.29) is 5.92 Å². The van der Waals surface area contributed by atoms with Gasteiger partial charge in [-0.2, -0.15) is 0 Å². The molecule has 0 aliphatic heterocycles. The summed E-state index contributed by atoms with van der Waals surface area (Å²) in [6, 6.07) is 8.28. The van der Waals surface area contributed by atoms with Crippen molar-refractivity contribution in [1.82, 2.24) is 0 Å². The zero-order chi connectivity index (χ0) is 11.8. The van der Waals surface area contributed by atoms with E-state index in [1.54, 1.807) is 11.3 Å².